The molecule has 0 bridgehead atoms. The maximum atomic E-state index is 13.1. The first kappa shape index (κ1) is 17.5. The van der Waals surface area contributed by atoms with E-state index in [9.17, 15) is 26.4 Å². The number of fused-ring (bicyclic) bond motifs is 1. The fourth-order valence-corrected chi connectivity index (χ4v) is 3.47. The Bertz CT molecular complexity index is 902. The normalized spacial score (nSPS) is 13.2. The molecule has 0 saturated carbocycles. The molecule has 1 aromatic carbocycles. The molecule has 0 aliphatic rings. The van der Waals surface area contributed by atoms with Crippen LogP contribution in [-0.4, -0.2) is 30.8 Å². The van der Waals surface area contributed by atoms with E-state index in [1.165, 1.54) is 13.1 Å². The van der Waals surface area contributed by atoms with Crippen LogP contribution in [0.1, 0.15) is 19.4 Å². The Balaban J connectivity index is 2.77. The number of alkyl halides is 3. The zero-order chi connectivity index (χ0) is 17.6. The highest BCUT2D eigenvalue weighted by Gasteiger charge is 2.34. The van der Waals surface area contributed by atoms with Crippen molar-refractivity contribution < 1.29 is 21.6 Å². The maximum absolute atomic E-state index is 13.1. The second-order valence-corrected chi connectivity index (χ2v) is 7.36. The van der Waals surface area contributed by atoms with Gasteiger partial charge in [-0.15, -0.1) is 0 Å². The van der Waals surface area contributed by atoms with E-state index in [1.807, 2.05) is 0 Å². The van der Waals surface area contributed by atoms with Gasteiger partial charge in [-0.3, -0.25) is 4.79 Å². The average molecular weight is 348 g/mol. The lowest BCUT2D eigenvalue weighted by molar-refractivity contribution is -0.136. The van der Waals surface area contributed by atoms with E-state index in [2.05, 4.69) is 4.98 Å². The fraction of sp³-hybridized carbons (Fsp3) is 0.357. The molecule has 0 radical (unpaired) electrons. The summed E-state index contributed by atoms with van der Waals surface area (Å²) in [6, 6.07) is 3.33. The monoisotopic (exact) mass is 348 g/mol. The molecule has 2 rings (SSSR count). The number of nitrogens with zero attached hydrogens (tertiary/aromatic N) is 1. The van der Waals surface area contributed by atoms with Crippen LogP contribution in [0.2, 0.25) is 0 Å². The molecule has 0 atom stereocenters. The van der Waals surface area contributed by atoms with E-state index in [0.717, 1.165) is 16.4 Å². The molecular formula is C14H15F3N2O3S. The van der Waals surface area contributed by atoms with Crippen molar-refractivity contribution in [2.45, 2.75) is 31.0 Å². The van der Waals surface area contributed by atoms with Gasteiger partial charge in [0, 0.05) is 30.1 Å². The van der Waals surface area contributed by atoms with Crippen molar-refractivity contribution in [3.8, 4) is 0 Å². The first-order valence-corrected chi connectivity index (χ1v) is 8.11. The quantitative estimate of drug-likeness (QED) is 0.927. The summed E-state index contributed by atoms with van der Waals surface area (Å²) in [6.45, 7) is 3.30. The van der Waals surface area contributed by atoms with Crippen LogP contribution in [0, 0.1) is 0 Å². The Hall–Kier alpha value is -1.87. The Labute approximate surface area is 130 Å². The summed E-state index contributed by atoms with van der Waals surface area (Å²) in [4.78, 5) is 13.4. The first-order chi connectivity index (χ1) is 10.4. The summed E-state index contributed by atoms with van der Waals surface area (Å²) in [5.41, 5.74) is -2.14. The molecule has 0 spiro atoms. The van der Waals surface area contributed by atoms with Gasteiger partial charge in [-0.05, 0) is 32.0 Å². The van der Waals surface area contributed by atoms with Crippen LogP contribution in [0.25, 0.3) is 10.9 Å². The number of halogens is 3. The van der Waals surface area contributed by atoms with Gasteiger partial charge in [0.25, 0.3) is 0 Å². The molecule has 1 heterocycles. The molecule has 23 heavy (non-hydrogen) atoms. The van der Waals surface area contributed by atoms with Crippen LogP contribution in [0.3, 0.4) is 0 Å². The lowest BCUT2D eigenvalue weighted by Gasteiger charge is -2.21. The van der Waals surface area contributed by atoms with Crippen molar-refractivity contribution >= 4 is 20.9 Å². The molecule has 1 aromatic heterocycles. The number of aromatic nitrogens is 1. The lowest BCUT2D eigenvalue weighted by Crippen LogP contribution is -2.33. The number of sulfonamides is 1. The van der Waals surface area contributed by atoms with Gasteiger partial charge in [-0.2, -0.15) is 17.5 Å². The molecule has 0 saturated heterocycles. The summed E-state index contributed by atoms with van der Waals surface area (Å²) in [6.07, 6.45) is -4.77. The highest BCUT2D eigenvalue weighted by molar-refractivity contribution is 7.89. The predicted octanol–water partition coefficient (Wildman–Crippen LogP) is 2.58. The first-order valence-electron chi connectivity index (χ1n) is 6.67. The van der Waals surface area contributed by atoms with Crippen LogP contribution in [0.4, 0.5) is 13.2 Å². The van der Waals surface area contributed by atoms with Crippen molar-refractivity contribution in [1.82, 2.24) is 9.29 Å². The number of H-pyrrole nitrogens is 1. The number of hydrogen-bond donors (Lipinski definition) is 1. The van der Waals surface area contributed by atoms with Crippen molar-refractivity contribution in [3.05, 3.63) is 40.2 Å². The SMILES string of the molecule is CC(C)N(C)S(=O)(=O)c1ccc2[nH]c(=O)cc(C(F)(F)F)c2c1. The van der Waals surface area contributed by atoms with Gasteiger partial charge in [-0.1, -0.05) is 0 Å². The summed E-state index contributed by atoms with van der Waals surface area (Å²) in [7, 11) is -2.58. The minimum atomic E-state index is -4.77. The highest BCUT2D eigenvalue weighted by atomic mass is 32.2. The third-order valence-electron chi connectivity index (χ3n) is 3.52. The van der Waals surface area contributed by atoms with Crippen molar-refractivity contribution in [1.29, 1.82) is 0 Å². The number of aromatic amines is 1. The van der Waals surface area contributed by atoms with Crippen molar-refractivity contribution in [2.24, 2.45) is 0 Å². The average Bonchev–Trinajstić information content (AvgIpc) is 2.43. The second-order valence-electron chi connectivity index (χ2n) is 5.37. The lowest BCUT2D eigenvalue weighted by atomic mass is 10.1. The van der Waals surface area contributed by atoms with E-state index in [-0.39, 0.29) is 21.8 Å². The number of rotatable bonds is 3. The second kappa shape index (κ2) is 5.64. The topological polar surface area (TPSA) is 70.2 Å². The van der Waals surface area contributed by atoms with Gasteiger partial charge < -0.3 is 4.98 Å². The minimum absolute atomic E-state index is 0.0732. The Morgan fingerprint density at radius 2 is 1.78 bits per heavy atom. The van der Waals surface area contributed by atoms with Gasteiger partial charge in [0.1, 0.15) is 0 Å². The molecule has 0 fully saturated rings. The molecule has 0 unspecified atom stereocenters. The van der Waals surface area contributed by atoms with E-state index in [0.29, 0.717) is 6.07 Å². The van der Waals surface area contributed by atoms with Crippen molar-refractivity contribution in [3.63, 3.8) is 0 Å². The van der Waals surface area contributed by atoms with Crippen LogP contribution >= 0.6 is 0 Å². The molecule has 126 valence electrons. The standard InChI is InChI=1S/C14H15F3N2O3S/c1-8(2)19(3)23(21,22)9-4-5-12-10(6-9)11(14(15,16)17)7-13(20)18-12/h4-8H,1-3H3,(H,18,20). The molecule has 0 amide bonds. The smallest absolute Gasteiger partial charge is 0.322 e. The molecule has 2 aromatic rings. The van der Waals surface area contributed by atoms with E-state index >= 15 is 0 Å². The van der Waals surface area contributed by atoms with Gasteiger partial charge in [0.05, 0.1) is 10.5 Å². The van der Waals surface area contributed by atoms with Gasteiger partial charge in [0.2, 0.25) is 15.6 Å². The van der Waals surface area contributed by atoms with E-state index in [4.69, 9.17) is 0 Å². The Morgan fingerprint density at radius 1 is 1.17 bits per heavy atom. The van der Waals surface area contributed by atoms with Gasteiger partial charge >= 0.3 is 6.18 Å². The predicted molar refractivity (Wildman–Crippen MR) is 79.7 cm³/mol. The highest BCUT2D eigenvalue weighted by Crippen LogP contribution is 2.34. The van der Waals surface area contributed by atoms with E-state index in [1.54, 1.807) is 13.8 Å². The summed E-state index contributed by atoms with van der Waals surface area (Å²) in [5, 5.41) is -0.365. The number of benzene rings is 1. The third-order valence-corrected chi connectivity index (χ3v) is 5.55. The molecule has 0 aliphatic heterocycles. The van der Waals surface area contributed by atoms with Crippen LogP contribution in [-0.2, 0) is 16.2 Å². The minimum Gasteiger partial charge on any atom is -0.322 e. The van der Waals surface area contributed by atoms with Crippen LogP contribution in [0.5, 0.6) is 0 Å². The zero-order valence-corrected chi connectivity index (χ0v) is 13.4. The third kappa shape index (κ3) is 3.25. The Kier molecular flexibility index (Phi) is 4.29. The van der Waals surface area contributed by atoms with Crippen molar-refractivity contribution in [2.75, 3.05) is 7.05 Å². The number of hydrogen-bond acceptors (Lipinski definition) is 3. The Morgan fingerprint density at radius 3 is 2.30 bits per heavy atom. The maximum Gasteiger partial charge on any atom is 0.417 e. The molecule has 0 aliphatic carbocycles. The van der Waals surface area contributed by atoms with Gasteiger partial charge in [-0.25, -0.2) is 8.42 Å². The number of nitrogens with one attached hydrogen (secondary N) is 1. The largest absolute Gasteiger partial charge is 0.417 e. The fourth-order valence-electron chi connectivity index (χ4n) is 2.07. The molecule has 9 heteroatoms. The summed E-state index contributed by atoms with van der Waals surface area (Å²) in [5.74, 6) is 0. The number of pyridine rings is 1. The summed E-state index contributed by atoms with van der Waals surface area (Å²) < 4.78 is 65.2. The van der Waals surface area contributed by atoms with E-state index < -0.39 is 27.3 Å². The summed E-state index contributed by atoms with van der Waals surface area (Å²) >= 11 is 0. The molecular weight excluding hydrogens is 333 g/mol. The van der Waals surface area contributed by atoms with Gasteiger partial charge in [0.15, 0.2) is 0 Å². The molecule has 1 N–H and O–H groups in total. The zero-order valence-electron chi connectivity index (χ0n) is 12.6. The van der Waals surface area contributed by atoms with Crippen LogP contribution < -0.4 is 5.56 Å². The van der Waals surface area contributed by atoms with Crippen LogP contribution in [0.15, 0.2) is 34.0 Å². The molecule has 5 nitrogen and oxygen atoms in total.